The summed E-state index contributed by atoms with van der Waals surface area (Å²) < 4.78 is 5.51. The maximum Gasteiger partial charge on any atom is 0.304 e. The molecule has 1 aromatic heterocycles. The van der Waals surface area contributed by atoms with Gasteiger partial charge in [-0.1, -0.05) is 6.92 Å². The van der Waals surface area contributed by atoms with Gasteiger partial charge in [0.25, 0.3) is 0 Å². The number of nitrogens with two attached hydrogens (primary N) is 1. The van der Waals surface area contributed by atoms with E-state index in [0.29, 0.717) is 5.76 Å². The van der Waals surface area contributed by atoms with Gasteiger partial charge in [0, 0.05) is 18.4 Å². The summed E-state index contributed by atoms with van der Waals surface area (Å²) in [5, 5.41) is 8.76. The Morgan fingerprint density at radius 3 is 2.67 bits per heavy atom. The first-order valence-electron chi connectivity index (χ1n) is 5.10. The van der Waals surface area contributed by atoms with Gasteiger partial charge in [0.15, 0.2) is 0 Å². The molecule has 0 saturated heterocycles. The minimum atomic E-state index is -0.855. The molecule has 0 aliphatic rings. The molecule has 2 atom stereocenters. The van der Waals surface area contributed by atoms with E-state index in [2.05, 4.69) is 0 Å². The van der Waals surface area contributed by atoms with Crippen molar-refractivity contribution in [2.45, 2.75) is 38.6 Å². The van der Waals surface area contributed by atoms with Crippen LogP contribution in [0, 0.1) is 0 Å². The first-order chi connectivity index (χ1) is 7.04. The monoisotopic (exact) mass is 211 g/mol. The molecule has 0 aliphatic carbocycles. The predicted molar refractivity (Wildman–Crippen MR) is 56.7 cm³/mol. The number of hydrogen-bond donors (Lipinski definition) is 2. The highest BCUT2D eigenvalue weighted by Gasteiger charge is 2.22. The van der Waals surface area contributed by atoms with Gasteiger partial charge in [0.2, 0.25) is 0 Å². The molecule has 1 aromatic rings. The van der Waals surface area contributed by atoms with Gasteiger partial charge in [0.05, 0.1) is 6.42 Å². The fourth-order valence-electron chi connectivity index (χ4n) is 1.52. The first-order valence-corrected chi connectivity index (χ1v) is 5.10. The summed E-state index contributed by atoms with van der Waals surface area (Å²) in [6.45, 7) is 3.78. The zero-order valence-corrected chi connectivity index (χ0v) is 9.06. The van der Waals surface area contributed by atoms with Gasteiger partial charge in [-0.05, 0) is 19.1 Å². The van der Waals surface area contributed by atoms with Crippen molar-refractivity contribution in [2.75, 3.05) is 0 Å². The average molecular weight is 211 g/mol. The third-order valence-corrected chi connectivity index (χ3v) is 2.43. The smallest absolute Gasteiger partial charge is 0.304 e. The van der Waals surface area contributed by atoms with E-state index in [0.717, 1.165) is 12.2 Å². The van der Waals surface area contributed by atoms with Crippen LogP contribution < -0.4 is 5.73 Å². The van der Waals surface area contributed by atoms with Crippen LogP contribution in [0.25, 0.3) is 0 Å². The Labute approximate surface area is 89.1 Å². The molecule has 0 amide bonds. The topological polar surface area (TPSA) is 76.5 Å². The van der Waals surface area contributed by atoms with Crippen molar-refractivity contribution in [1.29, 1.82) is 0 Å². The van der Waals surface area contributed by atoms with E-state index >= 15 is 0 Å². The van der Waals surface area contributed by atoms with Crippen LogP contribution >= 0.6 is 0 Å². The van der Waals surface area contributed by atoms with Gasteiger partial charge < -0.3 is 15.3 Å². The molecular formula is C11H17NO3. The van der Waals surface area contributed by atoms with E-state index in [1.54, 1.807) is 6.92 Å². The van der Waals surface area contributed by atoms with E-state index in [9.17, 15) is 4.79 Å². The molecule has 15 heavy (non-hydrogen) atoms. The highest BCUT2D eigenvalue weighted by Crippen LogP contribution is 2.24. The summed E-state index contributed by atoms with van der Waals surface area (Å²) in [7, 11) is 0. The van der Waals surface area contributed by atoms with Crippen LogP contribution in [0.3, 0.4) is 0 Å². The Balaban J connectivity index is 2.83. The Morgan fingerprint density at radius 1 is 1.60 bits per heavy atom. The summed E-state index contributed by atoms with van der Waals surface area (Å²) in [5.74, 6) is 0.430. The van der Waals surface area contributed by atoms with Gasteiger partial charge in [0.1, 0.15) is 11.5 Å². The molecule has 0 saturated carbocycles. The maximum atomic E-state index is 10.7. The molecule has 1 rings (SSSR count). The molecule has 0 spiro atoms. The van der Waals surface area contributed by atoms with Gasteiger partial charge in [-0.2, -0.15) is 0 Å². The highest BCUT2D eigenvalue weighted by molar-refractivity contribution is 5.68. The van der Waals surface area contributed by atoms with Crippen molar-refractivity contribution in [3.8, 4) is 0 Å². The number of aliphatic carboxylic acids is 1. The van der Waals surface area contributed by atoms with Crippen LogP contribution in [0.15, 0.2) is 16.5 Å². The summed E-state index contributed by atoms with van der Waals surface area (Å²) in [5.41, 5.74) is 5.74. The van der Waals surface area contributed by atoms with Gasteiger partial charge in [-0.15, -0.1) is 0 Å². The van der Waals surface area contributed by atoms with Crippen LogP contribution in [0.2, 0.25) is 0 Å². The van der Waals surface area contributed by atoms with E-state index in [-0.39, 0.29) is 18.4 Å². The number of aryl methyl sites for hydroxylation is 1. The molecule has 1 heterocycles. The lowest BCUT2D eigenvalue weighted by Gasteiger charge is -2.16. The normalized spacial score (nSPS) is 14.9. The van der Waals surface area contributed by atoms with Crippen molar-refractivity contribution in [3.05, 3.63) is 23.7 Å². The van der Waals surface area contributed by atoms with E-state index in [4.69, 9.17) is 15.3 Å². The Morgan fingerprint density at radius 2 is 2.27 bits per heavy atom. The van der Waals surface area contributed by atoms with Crippen molar-refractivity contribution >= 4 is 5.97 Å². The third-order valence-electron chi connectivity index (χ3n) is 2.43. The number of furan rings is 1. The van der Waals surface area contributed by atoms with Crippen molar-refractivity contribution in [1.82, 2.24) is 0 Å². The largest absolute Gasteiger partial charge is 0.481 e. The number of hydrogen-bond acceptors (Lipinski definition) is 3. The van der Waals surface area contributed by atoms with Crippen LogP contribution in [0.4, 0.5) is 0 Å². The summed E-state index contributed by atoms with van der Waals surface area (Å²) in [6.07, 6.45) is 0.813. The average Bonchev–Trinajstić information content (AvgIpc) is 2.61. The number of carbonyl (C=O) groups is 1. The van der Waals surface area contributed by atoms with E-state index in [1.807, 2.05) is 19.1 Å². The fraction of sp³-hybridized carbons (Fsp3) is 0.545. The second-order valence-electron chi connectivity index (χ2n) is 3.72. The summed E-state index contributed by atoms with van der Waals surface area (Å²) in [4.78, 5) is 10.7. The van der Waals surface area contributed by atoms with Crippen molar-refractivity contribution in [2.24, 2.45) is 5.73 Å². The lowest BCUT2D eigenvalue weighted by molar-refractivity contribution is -0.137. The molecule has 4 heteroatoms. The summed E-state index contributed by atoms with van der Waals surface area (Å²) >= 11 is 0. The molecule has 0 aromatic carbocycles. The number of carboxylic acids is 1. The maximum absolute atomic E-state index is 10.7. The van der Waals surface area contributed by atoms with Crippen LogP contribution in [0.1, 0.15) is 37.7 Å². The van der Waals surface area contributed by atoms with E-state index in [1.165, 1.54) is 0 Å². The molecule has 3 N–H and O–H groups in total. The third kappa shape index (κ3) is 3.09. The Hall–Kier alpha value is -1.29. The Bertz CT molecular complexity index is 330. The molecule has 0 bridgehead atoms. The summed E-state index contributed by atoms with van der Waals surface area (Å²) in [6, 6.07) is 3.46. The SMILES string of the molecule is CCc1ccc(C(CC(=O)O)C(C)N)o1. The van der Waals surface area contributed by atoms with Crippen molar-refractivity contribution in [3.63, 3.8) is 0 Å². The van der Waals surface area contributed by atoms with Crippen LogP contribution in [0.5, 0.6) is 0 Å². The minimum absolute atomic E-state index is 0.00827. The second-order valence-corrected chi connectivity index (χ2v) is 3.72. The first kappa shape index (κ1) is 11.8. The van der Waals surface area contributed by atoms with E-state index < -0.39 is 5.97 Å². The minimum Gasteiger partial charge on any atom is -0.481 e. The molecule has 0 fully saturated rings. The lowest BCUT2D eigenvalue weighted by Crippen LogP contribution is -2.26. The van der Waals surface area contributed by atoms with Gasteiger partial charge >= 0.3 is 5.97 Å². The Kier molecular flexibility index (Phi) is 3.91. The van der Waals surface area contributed by atoms with Gasteiger partial charge in [-0.25, -0.2) is 0 Å². The van der Waals surface area contributed by atoms with Crippen LogP contribution in [-0.2, 0) is 11.2 Å². The van der Waals surface area contributed by atoms with Gasteiger partial charge in [-0.3, -0.25) is 4.79 Å². The second kappa shape index (κ2) is 4.98. The molecular weight excluding hydrogens is 194 g/mol. The molecule has 0 aliphatic heterocycles. The molecule has 4 nitrogen and oxygen atoms in total. The zero-order valence-electron chi connectivity index (χ0n) is 9.06. The zero-order chi connectivity index (χ0) is 11.4. The molecule has 2 unspecified atom stereocenters. The fourth-order valence-corrected chi connectivity index (χ4v) is 1.52. The quantitative estimate of drug-likeness (QED) is 0.777. The number of rotatable bonds is 5. The predicted octanol–water partition coefficient (Wildman–Crippen LogP) is 1.75. The standard InChI is InChI=1S/C11H17NO3/c1-3-8-4-5-10(15-8)9(7(2)12)6-11(13)14/h4-5,7,9H,3,6,12H2,1-2H3,(H,13,14). The molecule has 0 radical (unpaired) electrons. The number of carboxylic acid groups (broad SMARTS) is 1. The van der Waals surface area contributed by atoms with Crippen LogP contribution in [-0.4, -0.2) is 17.1 Å². The van der Waals surface area contributed by atoms with Crippen molar-refractivity contribution < 1.29 is 14.3 Å². The lowest BCUT2D eigenvalue weighted by atomic mass is 9.95. The molecule has 84 valence electrons. The highest BCUT2D eigenvalue weighted by atomic mass is 16.4.